The third-order valence-electron chi connectivity index (χ3n) is 2.22. The van der Waals surface area contributed by atoms with Crippen molar-refractivity contribution in [3.8, 4) is 0 Å². The fourth-order valence-electron chi connectivity index (χ4n) is 1.44. The van der Waals surface area contributed by atoms with Gasteiger partial charge < -0.3 is 6.16 Å². The standard InChI is InChI=1S/C14H14O.Na.H/c1-3-7-13(8-4-1)11-15-12-14-9-5-2-6-10-14;;/h1-10H,11-12H2;;/q;+1;-1. The second-order valence-electron chi connectivity index (χ2n) is 3.46. The van der Waals surface area contributed by atoms with Gasteiger partial charge in [0.15, 0.2) is 0 Å². The molecule has 0 aliphatic carbocycles. The Hall–Kier alpha value is -0.600. The Balaban J connectivity index is 0.00000128. The van der Waals surface area contributed by atoms with Gasteiger partial charge in [0, 0.05) is 0 Å². The third kappa shape index (κ3) is 4.50. The van der Waals surface area contributed by atoms with Crippen molar-refractivity contribution in [2.75, 3.05) is 0 Å². The molecular weight excluding hydrogens is 207 g/mol. The zero-order valence-electron chi connectivity index (χ0n) is 10.6. The van der Waals surface area contributed by atoms with Crippen LogP contribution in [0.5, 0.6) is 0 Å². The van der Waals surface area contributed by atoms with Gasteiger partial charge in [-0.1, -0.05) is 60.7 Å². The van der Waals surface area contributed by atoms with Gasteiger partial charge in [0.2, 0.25) is 0 Å². The summed E-state index contributed by atoms with van der Waals surface area (Å²) >= 11 is 0. The molecule has 0 fully saturated rings. The van der Waals surface area contributed by atoms with Crippen LogP contribution < -0.4 is 29.6 Å². The van der Waals surface area contributed by atoms with Crippen molar-refractivity contribution in [3.63, 3.8) is 0 Å². The van der Waals surface area contributed by atoms with Crippen molar-refractivity contribution in [2.45, 2.75) is 13.2 Å². The van der Waals surface area contributed by atoms with E-state index in [1.807, 2.05) is 36.4 Å². The summed E-state index contributed by atoms with van der Waals surface area (Å²) in [5, 5.41) is 0. The van der Waals surface area contributed by atoms with E-state index in [1.54, 1.807) is 0 Å². The summed E-state index contributed by atoms with van der Waals surface area (Å²) in [6, 6.07) is 20.4. The van der Waals surface area contributed by atoms with Gasteiger partial charge in [-0.2, -0.15) is 0 Å². The normalized spacial score (nSPS) is 9.50. The van der Waals surface area contributed by atoms with Crippen molar-refractivity contribution < 1.29 is 35.7 Å². The zero-order chi connectivity index (χ0) is 10.3. The van der Waals surface area contributed by atoms with Gasteiger partial charge in [0.1, 0.15) is 0 Å². The van der Waals surface area contributed by atoms with Crippen LogP contribution in [0, 0.1) is 0 Å². The molecule has 0 amide bonds. The monoisotopic (exact) mass is 222 g/mol. The van der Waals surface area contributed by atoms with Crippen LogP contribution in [0.2, 0.25) is 0 Å². The van der Waals surface area contributed by atoms with Gasteiger partial charge in [0.05, 0.1) is 13.2 Å². The van der Waals surface area contributed by atoms with Gasteiger partial charge in [0.25, 0.3) is 0 Å². The van der Waals surface area contributed by atoms with E-state index in [9.17, 15) is 0 Å². The number of rotatable bonds is 4. The molecule has 0 bridgehead atoms. The SMILES string of the molecule is [H-].[Na+].c1ccc(COCc2ccccc2)cc1. The van der Waals surface area contributed by atoms with E-state index in [4.69, 9.17) is 4.74 Å². The van der Waals surface area contributed by atoms with E-state index in [2.05, 4.69) is 24.3 Å². The van der Waals surface area contributed by atoms with Gasteiger partial charge in [-0.15, -0.1) is 0 Å². The second-order valence-corrected chi connectivity index (χ2v) is 3.46. The molecule has 0 N–H and O–H groups in total. The first-order valence-electron chi connectivity index (χ1n) is 5.11. The van der Waals surface area contributed by atoms with Crippen molar-refractivity contribution in [1.82, 2.24) is 0 Å². The molecule has 0 radical (unpaired) electrons. The summed E-state index contributed by atoms with van der Waals surface area (Å²) < 4.78 is 5.61. The van der Waals surface area contributed by atoms with Gasteiger partial charge >= 0.3 is 29.6 Å². The summed E-state index contributed by atoms with van der Waals surface area (Å²) in [5.74, 6) is 0. The molecular formula is C14H15NaO. The molecule has 0 saturated carbocycles. The Morgan fingerprint density at radius 3 is 1.44 bits per heavy atom. The van der Waals surface area contributed by atoms with Gasteiger partial charge in [-0.25, -0.2) is 0 Å². The maximum Gasteiger partial charge on any atom is 1.00 e. The Labute approximate surface area is 120 Å². The molecule has 2 aromatic carbocycles. The van der Waals surface area contributed by atoms with Crippen LogP contribution in [0.4, 0.5) is 0 Å². The van der Waals surface area contributed by atoms with Crippen LogP contribution in [-0.2, 0) is 18.0 Å². The number of hydrogen-bond acceptors (Lipinski definition) is 1. The smallest absolute Gasteiger partial charge is 1.00 e. The molecule has 78 valence electrons. The topological polar surface area (TPSA) is 9.23 Å². The molecule has 0 spiro atoms. The van der Waals surface area contributed by atoms with Crippen molar-refractivity contribution in [3.05, 3.63) is 71.8 Å². The summed E-state index contributed by atoms with van der Waals surface area (Å²) in [6.45, 7) is 1.35. The van der Waals surface area contributed by atoms with Gasteiger partial charge in [-0.3, -0.25) is 0 Å². The number of ether oxygens (including phenoxy) is 1. The molecule has 0 aliphatic rings. The zero-order valence-corrected chi connectivity index (χ0v) is 11.6. The minimum absolute atomic E-state index is 0. The van der Waals surface area contributed by atoms with E-state index in [0.29, 0.717) is 13.2 Å². The van der Waals surface area contributed by atoms with Crippen LogP contribution in [0.3, 0.4) is 0 Å². The Kier molecular flexibility index (Phi) is 6.43. The average molecular weight is 222 g/mol. The van der Waals surface area contributed by atoms with E-state index >= 15 is 0 Å². The summed E-state index contributed by atoms with van der Waals surface area (Å²) in [4.78, 5) is 0. The van der Waals surface area contributed by atoms with Crippen molar-refractivity contribution in [2.24, 2.45) is 0 Å². The van der Waals surface area contributed by atoms with Crippen LogP contribution in [0.1, 0.15) is 12.6 Å². The quantitative estimate of drug-likeness (QED) is 0.685. The maximum atomic E-state index is 5.61. The molecule has 0 saturated heterocycles. The second kappa shape index (κ2) is 7.64. The molecule has 1 nitrogen and oxygen atoms in total. The van der Waals surface area contributed by atoms with Crippen LogP contribution >= 0.6 is 0 Å². The Morgan fingerprint density at radius 1 is 0.688 bits per heavy atom. The molecule has 2 aromatic rings. The molecule has 16 heavy (non-hydrogen) atoms. The minimum atomic E-state index is 0. The summed E-state index contributed by atoms with van der Waals surface area (Å²) in [6.07, 6.45) is 0. The third-order valence-corrected chi connectivity index (χ3v) is 2.22. The molecule has 0 aliphatic heterocycles. The predicted molar refractivity (Wildman–Crippen MR) is 62.5 cm³/mol. The van der Waals surface area contributed by atoms with E-state index in [0.717, 1.165) is 0 Å². The molecule has 0 unspecified atom stereocenters. The number of hydrogen-bond donors (Lipinski definition) is 0. The molecule has 0 heterocycles. The largest absolute Gasteiger partial charge is 1.00 e. The fraction of sp³-hybridized carbons (Fsp3) is 0.143. The molecule has 2 rings (SSSR count). The van der Waals surface area contributed by atoms with E-state index in [1.165, 1.54) is 11.1 Å². The maximum absolute atomic E-state index is 5.61. The first-order chi connectivity index (χ1) is 7.45. The fourth-order valence-corrected chi connectivity index (χ4v) is 1.44. The first kappa shape index (κ1) is 13.5. The molecule has 2 heteroatoms. The average Bonchev–Trinajstić information content (AvgIpc) is 2.32. The molecule has 0 aromatic heterocycles. The Bertz CT molecular complexity index is 352. The van der Waals surface area contributed by atoms with E-state index in [-0.39, 0.29) is 31.0 Å². The first-order valence-corrected chi connectivity index (χ1v) is 5.11. The summed E-state index contributed by atoms with van der Waals surface area (Å²) in [7, 11) is 0. The predicted octanol–water partition coefficient (Wildman–Crippen LogP) is 0.520. The van der Waals surface area contributed by atoms with Crippen LogP contribution in [-0.4, -0.2) is 0 Å². The Morgan fingerprint density at radius 2 is 1.06 bits per heavy atom. The summed E-state index contributed by atoms with van der Waals surface area (Å²) in [5.41, 5.74) is 2.43. The molecule has 0 atom stereocenters. The van der Waals surface area contributed by atoms with Crippen molar-refractivity contribution in [1.29, 1.82) is 0 Å². The van der Waals surface area contributed by atoms with Crippen LogP contribution in [0.25, 0.3) is 0 Å². The minimum Gasteiger partial charge on any atom is -1.00 e. The van der Waals surface area contributed by atoms with Crippen molar-refractivity contribution >= 4 is 0 Å². The van der Waals surface area contributed by atoms with E-state index < -0.39 is 0 Å². The van der Waals surface area contributed by atoms with Crippen LogP contribution in [0.15, 0.2) is 60.7 Å². The number of benzene rings is 2. The van der Waals surface area contributed by atoms with Gasteiger partial charge in [-0.05, 0) is 11.1 Å².